The van der Waals surface area contributed by atoms with E-state index in [1.807, 2.05) is 44.2 Å². The fraction of sp³-hybridized carbons (Fsp3) is 0.526. The highest BCUT2D eigenvalue weighted by Crippen LogP contribution is 2.18. The summed E-state index contributed by atoms with van der Waals surface area (Å²) in [7, 11) is 0. The Morgan fingerprint density at radius 1 is 1.33 bits per heavy atom. The molecule has 1 saturated heterocycles. The lowest BCUT2D eigenvalue weighted by atomic mass is 9.95. The largest absolute Gasteiger partial charge is 0.342 e. The van der Waals surface area contributed by atoms with Crippen LogP contribution in [0, 0.1) is 23.2 Å². The van der Waals surface area contributed by atoms with Crippen molar-refractivity contribution in [2.75, 3.05) is 13.1 Å². The molecule has 1 aliphatic rings. The van der Waals surface area contributed by atoms with Gasteiger partial charge in [-0.05, 0) is 24.3 Å². The van der Waals surface area contributed by atoms with E-state index in [1.165, 1.54) is 0 Å². The van der Waals surface area contributed by atoms with E-state index in [1.54, 1.807) is 4.90 Å². The van der Waals surface area contributed by atoms with Gasteiger partial charge in [-0.2, -0.15) is 5.26 Å². The summed E-state index contributed by atoms with van der Waals surface area (Å²) in [6, 6.07) is 11.3. The SMILES string of the molecule is CC(C)C(C#N)NC(=O)C1CCCN(C(=O)Cc2ccccc2)C1. The highest BCUT2D eigenvalue weighted by atomic mass is 16.2. The zero-order chi connectivity index (χ0) is 17.5. The van der Waals surface area contributed by atoms with Crippen LogP contribution in [0.4, 0.5) is 0 Å². The Kier molecular flexibility index (Phi) is 6.36. The quantitative estimate of drug-likeness (QED) is 0.900. The molecule has 5 nitrogen and oxygen atoms in total. The Bertz CT molecular complexity index is 607. The molecule has 24 heavy (non-hydrogen) atoms. The highest BCUT2D eigenvalue weighted by molar-refractivity contribution is 5.82. The van der Waals surface area contributed by atoms with Crippen molar-refractivity contribution in [1.82, 2.24) is 10.2 Å². The first-order valence-corrected chi connectivity index (χ1v) is 8.53. The summed E-state index contributed by atoms with van der Waals surface area (Å²) >= 11 is 0. The minimum absolute atomic E-state index is 0.0550. The number of amides is 2. The second kappa shape index (κ2) is 8.49. The standard InChI is InChI=1S/C19H25N3O2/c1-14(2)17(12-20)21-19(24)16-9-6-10-22(13-16)18(23)11-15-7-4-3-5-8-15/h3-5,7-8,14,16-17H,6,9-11,13H2,1-2H3,(H,21,24). The lowest BCUT2D eigenvalue weighted by molar-refractivity contribution is -0.135. The van der Waals surface area contributed by atoms with E-state index in [2.05, 4.69) is 11.4 Å². The van der Waals surface area contributed by atoms with Gasteiger partial charge in [0.2, 0.25) is 11.8 Å². The summed E-state index contributed by atoms with van der Waals surface area (Å²) in [4.78, 5) is 26.6. The fourth-order valence-electron chi connectivity index (χ4n) is 2.92. The van der Waals surface area contributed by atoms with Crippen molar-refractivity contribution in [3.63, 3.8) is 0 Å². The summed E-state index contributed by atoms with van der Waals surface area (Å²) in [5, 5.41) is 11.9. The van der Waals surface area contributed by atoms with E-state index in [-0.39, 0.29) is 23.7 Å². The number of benzene rings is 1. The molecular formula is C19H25N3O2. The third kappa shape index (κ3) is 4.82. The number of rotatable bonds is 5. The van der Waals surface area contributed by atoms with Crippen LogP contribution in [0.1, 0.15) is 32.3 Å². The second-order valence-electron chi connectivity index (χ2n) is 6.70. The molecule has 2 unspecified atom stereocenters. The molecule has 128 valence electrons. The number of nitrogens with zero attached hydrogens (tertiary/aromatic N) is 2. The molecule has 1 aromatic carbocycles. The second-order valence-corrected chi connectivity index (χ2v) is 6.70. The summed E-state index contributed by atoms with van der Waals surface area (Å²) in [5.74, 6) is -0.224. The molecule has 1 heterocycles. The molecule has 0 saturated carbocycles. The number of likely N-dealkylation sites (tertiary alicyclic amines) is 1. The van der Waals surface area contributed by atoms with E-state index in [9.17, 15) is 9.59 Å². The van der Waals surface area contributed by atoms with Gasteiger partial charge in [-0.3, -0.25) is 9.59 Å². The molecule has 0 aliphatic carbocycles. The number of piperidine rings is 1. The number of hydrogen-bond acceptors (Lipinski definition) is 3. The average Bonchev–Trinajstić information content (AvgIpc) is 2.60. The number of carbonyl (C=O) groups is 2. The highest BCUT2D eigenvalue weighted by Gasteiger charge is 2.29. The van der Waals surface area contributed by atoms with Gasteiger partial charge in [-0.1, -0.05) is 44.2 Å². The Hall–Kier alpha value is -2.35. The van der Waals surface area contributed by atoms with Crippen molar-refractivity contribution in [2.24, 2.45) is 11.8 Å². The van der Waals surface area contributed by atoms with Crippen LogP contribution >= 0.6 is 0 Å². The van der Waals surface area contributed by atoms with Gasteiger partial charge < -0.3 is 10.2 Å². The Balaban J connectivity index is 1.92. The summed E-state index contributed by atoms with van der Waals surface area (Å²) < 4.78 is 0. The molecule has 2 amide bonds. The number of hydrogen-bond donors (Lipinski definition) is 1. The summed E-state index contributed by atoms with van der Waals surface area (Å²) in [5.41, 5.74) is 0.985. The maximum atomic E-state index is 12.5. The van der Waals surface area contributed by atoms with Crippen LogP contribution in [-0.4, -0.2) is 35.8 Å². The Labute approximate surface area is 143 Å². The van der Waals surface area contributed by atoms with Gasteiger partial charge in [-0.25, -0.2) is 0 Å². The lowest BCUT2D eigenvalue weighted by Crippen LogP contribution is -2.48. The molecule has 1 aliphatic heterocycles. The van der Waals surface area contributed by atoms with Crippen LogP contribution in [0.3, 0.4) is 0 Å². The minimum Gasteiger partial charge on any atom is -0.342 e. The van der Waals surface area contributed by atoms with Crippen LogP contribution in [-0.2, 0) is 16.0 Å². The normalized spacial score (nSPS) is 18.8. The molecular weight excluding hydrogens is 302 g/mol. The van der Waals surface area contributed by atoms with Crippen LogP contribution < -0.4 is 5.32 Å². The molecule has 0 spiro atoms. The van der Waals surface area contributed by atoms with Crippen molar-refractivity contribution in [2.45, 2.75) is 39.2 Å². The van der Waals surface area contributed by atoms with Crippen molar-refractivity contribution in [3.05, 3.63) is 35.9 Å². The Morgan fingerprint density at radius 2 is 2.04 bits per heavy atom. The topological polar surface area (TPSA) is 73.2 Å². The van der Waals surface area contributed by atoms with Crippen LogP contribution in [0.5, 0.6) is 0 Å². The van der Waals surface area contributed by atoms with Crippen molar-refractivity contribution < 1.29 is 9.59 Å². The number of carbonyl (C=O) groups excluding carboxylic acids is 2. The zero-order valence-electron chi connectivity index (χ0n) is 14.4. The number of nitrogens with one attached hydrogen (secondary N) is 1. The zero-order valence-corrected chi connectivity index (χ0v) is 14.4. The lowest BCUT2D eigenvalue weighted by Gasteiger charge is -2.32. The minimum atomic E-state index is -0.479. The summed E-state index contributed by atoms with van der Waals surface area (Å²) in [6.07, 6.45) is 1.94. The van der Waals surface area contributed by atoms with Crippen molar-refractivity contribution in [1.29, 1.82) is 5.26 Å². The smallest absolute Gasteiger partial charge is 0.227 e. The molecule has 0 radical (unpaired) electrons. The van der Waals surface area contributed by atoms with Gasteiger partial charge in [0, 0.05) is 13.1 Å². The summed E-state index contributed by atoms with van der Waals surface area (Å²) in [6.45, 7) is 4.95. The molecule has 2 atom stereocenters. The van der Waals surface area contributed by atoms with E-state index >= 15 is 0 Å². The van der Waals surface area contributed by atoms with Crippen LogP contribution in [0.25, 0.3) is 0 Å². The van der Waals surface area contributed by atoms with Crippen LogP contribution in [0.15, 0.2) is 30.3 Å². The van der Waals surface area contributed by atoms with Gasteiger partial charge in [0.15, 0.2) is 0 Å². The first kappa shape index (κ1) is 18.0. The third-order valence-electron chi connectivity index (χ3n) is 4.45. The van der Waals surface area contributed by atoms with Gasteiger partial charge in [-0.15, -0.1) is 0 Å². The van der Waals surface area contributed by atoms with Crippen molar-refractivity contribution >= 4 is 11.8 Å². The van der Waals surface area contributed by atoms with E-state index in [0.29, 0.717) is 19.5 Å². The number of nitriles is 1. The maximum absolute atomic E-state index is 12.5. The van der Waals surface area contributed by atoms with Gasteiger partial charge in [0.25, 0.3) is 0 Å². The van der Waals surface area contributed by atoms with E-state index < -0.39 is 6.04 Å². The third-order valence-corrected chi connectivity index (χ3v) is 4.45. The molecule has 1 aromatic rings. The van der Waals surface area contributed by atoms with Crippen LogP contribution in [0.2, 0.25) is 0 Å². The van der Waals surface area contributed by atoms with E-state index in [0.717, 1.165) is 18.4 Å². The molecule has 0 aromatic heterocycles. The van der Waals surface area contributed by atoms with E-state index in [4.69, 9.17) is 5.26 Å². The van der Waals surface area contributed by atoms with Gasteiger partial charge >= 0.3 is 0 Å². The molecule has 1 fully saturated rings. The van der Waals surface area contributed by atoms with Crippen molar-refractivity contribution in [3.8, 4) is 6.07 Å². The first-order valence-electron chi connectivity index (χ1n) is 8.53. The Morgan fingerprint density at radius 3 is 2.67 bits per heavy atom. The maximum Gasteiger partial charge on any atom is 0.227 e. The molecule has 2 rings (SSSR count). The molecule has 0 bridgehead atoms. The van der Waals surface area contributed by atoms with Gasteiger partial charge in [0.05, 0.1) is 18.4 Å². The molecule has 1 N–H and O–H groups in total. The van der Waals surface area contributed by atoms with Gasteiger partial charge in [0.1, 0.15) is 6.04 Å². The fourth-order valence-corrected chi connectivity index (χ4v) is 2.92. The average molecular weight is 327 g/mol. The first-order chi connectivity index (χ1) is 11.5. The monoisotopic (exact) mass is 327 g/mol. The molecule has 5 heteroatoms. The predicted octanol–water partition coefficient (Wildman–Crippen LogP) is 2.13. The predicted molar refractivity (Wildman–Crippen MR) is 91.8 cm³/mol.